The van der Waals surface area contributed by atoms with Gasteiger partial charge in [0.05, 0.1) is 18.4 Å². The van der Waals surface area contributed by atoms with E-state index < -0.39 is 18.1 Å². The number of carbonyl (C=O) groups excluding carboxylic acids is 2. The lowest BCUT2D eigenvalue weighted by Gasteiger charge is -2.34. The third kappa shape index (κ3) is 4.95. The van der Waals surface area contributed by atoms with Crippen LogP contribution in [0.25, 0.3) is 0 Å². The number of amides is 2. The first-order valence-corrected chi connectivity index (χ1v) is 8.30. The zero-order valence-electron chi connectivity index (χ0n) is 12.7. The highest BCUT2D eigenvalue weighted by atomic mass is 32.1. The van der Waals surface area contributed by atoms with Gasteiger partial charge in [-0.3, -0.25) is 9.59 Å². The van der Waals surface area contributed by atoms with Gasteiger partial charge in [-0.1, -0.05) is 6.07 Å². The fourth-order valence-electron chi connectivity index (χ4n) is 2.73. The minimum absolute atomic E-state index is 0.0231. The third-order valence-electron chi connectivity index (χ3n) is 3.88. The summed E-state index contributed by atoms with van der Waals surface area (Å²) in [6, 6.07) is 3.11. The predicted octanol–water partition coefficient (Wildman–Crippen LogP) is 3.12. The van der Waals surface area contributed by atoms with Gasteiger partial charge in [0.2, 0.25) is 11.8 Å². The first kappa shape index (κ1) is 17.8. The van der Waals surface area contributed by atoms with Gasteiger partial charge >= 0.3 is 6.18 Å². The van der Waals surface area contributed by atoms with Crippen LogP contribution in [0.1, 0.15) is 37.1 Å². The van der Waals surface area contributed by atoms with Crippen molar-refractivity contribution in [3.63, 3.8) is 0 Å². The quantitative estimate of drug-likeness (QED) is 0.909. The number of nitrogens with zero attached hydrogens (tertiary/aromatic N) is 1. The van der Waals surface area contributed by atoms with Gasteiger partial charge in [0.1, 0.15) is 0 Å². The highest BCUT2D eigenvalue weighted by Gasteiger charge is 2.42. The van der Waals surface area contributed by atoms with E-state index in [1.54, 1.807) is 12.1 Å². The molecule has 1 N–H and O–H groups in total. The smallest absolute Gasteiger partial charge is 0.348 e. The Labute approximate surface area is 136 Å². The van der Waals surface area contributed by atoms with Crippen molar-refractivity contribution in [1.29, 1.82) is 0 Å². The van der Waals surface area contributed by atoms with Gasteiger partial charge in [-0.15, -0.1) is 11.3 Å². The van der Waals surface area contributed by atoms with E-state index in [9.17, 15) is 22.8 Å². The van der Waals surface area contributed by atoms with Crippen molar-refractivity contribution in [1.82, 2.24) is 10.2 Å². The molecule has 2 amide bonds. The Balaban J connectivity index is 2.02. The number of alkyl halides is 3. The fraction of sp³-hybridized carbons (Fsp3) is 0.600. The SMILES string of the molecule is CC(=O)NC(CC(=O)N1CCCC(C(F)(F)F)C1)c1cccs1. The molecule has 0 aromatic carbocycles. The van der Waals surface area contributed by atoms with Crippen molar-refractivity contribution in [2.75, 3.05) is 13.1 Å². The summed E-state index contributed by atoms with van der Waals surface area (Å²) in [5.41, 5.74) is 0. The zero-order chi connectivity index (χ0) is 17.0. The highest BCUT2D eigenvalue weighted by molar-refractivity contribution is 7.10. The Morgan fingerprint density at radius 1 is 1.48 bits per heavy atom. The minimum atomic E-state index is -4.27. The summed E-state index contributed by atoms with van der Waals surface area (Å²) in [5.74, 6) is -2.09. The van der Waals surface area contributed by atoms with Crippen LogP contribution in [0.4, 0.5) is 13.2 Å². The van der Waals surface area contributed by atoms with Crippen molar-refractivity contribution in [3.8, 4) is 0 Å². The van der Waals surface area contributed by atoms with Gasteiger partial charge in [0.25, 0.3) is 0 Å². The van der Waals surface area contributed by atoms with E-state index in [4.69, 9.17) is 0 Å². The van der Waals surface area contributed by atoms with Crippen LogP contribution < -0.4 is 5.32 Å². The largest absolute Gasteiger partial charge is 0.393 e. The van der Waals surface area contributed by atoms with Gasteiger partial charge in [-0.05, 0) is 24.3 Å². The van der Waals surface area contributed by atoms with Crippen LogP contribution in [-0.4, -0.2) is 36.0 Å². The Kier molecular flexibility index (Phi) is 5.67. The summed E-state index contributed by atoms with van der Waals surface area (Å²) in [4.78, 5) is 25.8. The number of hydrogen-bond acceptors (Lipinski definition) is 3. The summed E-state index contributed by atoms with van der Waals surface area (Å²) >= 11 is 1.40. The van der Waals surface area contributed by atoms with E-state index in [0.29, 0.717) is 13.0 Å². The van der Waals surface area contributed by atoms with E-state index in [2.05, 4.69) is 5.32 Å². The second-order valence-corrected chi connectivity index (χ2v) is 6.67. The van der Waals surface area contributed by atoms with E-state index in [0.717, 1.165) is 4.88 Å². The molecule has 0 saturated carbocycles. The molecule has 1 saturated heterocycles. The molecule has 4 nitrogen and oxygen atoms in total. The van der Waals surface area contributed by atoms with E-state index in [1.807, 2.05) is 5.38 Å². The summed E-state index contributed by atoms with van der Waals surface area (Å²) in [6.07, 6.45) is -3.89. The van der Waals surface area contributed by atoms with Crippen LogP contribution in [-0.2, 0) is 9.59 Å². The van der Waals surface area contributed by atoms with Gasteiger partial charge in [-0.2, -0.15) is 13.2 Å². The van der Waals surface area contributed by atoms with Crippen LogP contribution in [0.5, 0.6) is 0 Å². The van der Waals surface area contributed by atoms with Crippen molar-refractivity contribution < 1.29 is 22.8 Å². The van der Waals surface area contributed by atoms with Crippen molar-refractivity contribution in [3.05, 3.63) is 22.4 Å². The molecule has 23 heavy (non-hydrogen) atoms. The maximum Gasteiger partial charge on any atom is 0.393 e. The first-order valence-electron chi connectivity index (χ1n) is 7.42. The third-order valence-corrected chi connectivity index (χ3v) is 4.87. The number of halogens is 3. The zero-order valence-corrected chi connectivity index (χ0v) is 13.5. The lowest BCUT2D eigenvalue weighted by atomic mass is 9.97. The molecule has 0 radical (unpaired) electrons. The predicted molar refractivity (Wildman–Crippen MR) is 80.9 cm³/mol. The first-order chi connectivity index (χ1) is 10.8. The number of rotatable bonds is 4. The summed E-state index contributed by atoms with van der Waals surface area (Å²) < 4.78 is 38.5. The van der Waals surface area contributed by atoms with Gasteiger partial charge in [-0.25, -0.2) is 0 Å². The summed E-state index contributed by atoms with van der Waals surface area (Å²) in [7, 11) is 0. The molecule has 2 heterocycles. The maximum atomic E-state index is 12.8. The molecular formula is C15H19F3N2O2S. The average molecular weight is 348 g/mol. The van der Waals surface area contributed by atoms with Crippen LogP contribution in [0.2, 0.25) is 0 Å². The molecule has 0 bridgehead atoms. The second-order valence-electron chi connectivity index (χ2n) is 5.69. The van der Waals surface area contributed by atoms with E-state index in [-0.39, 0.29) is 31.2 Å². The normalized spacial score (nSPS) is 20.2. The number of thiophene rings is 1. The van der Waals surface area contributed by atoms with Gasteiger partial charge in [0.15, 0.2) is 0 Å². The molecule has 128 valence electrons. The Morgan fingerprint density at radius 2 is 2.22 bits per heavy atom. The standard InChI is InChI=1S/C15H19F3N2O2S/c1-10(21)19-12(13-5-3-7-23-13)8-14(22)20-6-2-4-11(9-20)15(16,17)18/h3,5,7,11-12H,2,4,6,8-9H2,1H3,(H,19,21). The van der Waals surface area contributed by atoms with Crippen molar-refractivity contribution >= 4 is 23.2 Å². The summed E-state index contributed by atoms with van der Waals surface area (Å²) in [6.45, 7) is 1.40. The molecule has 1 aromatic rings. The monoisotopic (exact) mass is 348 g/mol. The molecule has 1 fully saturated rings. The molecule has 0 spiro atoms. The molecule has 8 heteroatoms. The molecule has 0 aliphatic carbocycles. The second kappa shape index (κ2) is 7.33. The van der Waals surface area contributed by atoms with Crippen molar-refractivity contribution in [2.45, 2.75) is 38.4 Å². The Hall–Kier alpha value is -1.57. The Morgan fingerprint density at radius 3 is 2.78 bits per heavy atom. The average Bonchev–Trinajstić information content (AvgIpc) is 2.99. The molecule has 1 aliphatic rings. The van der Waals surface area contributed by atoms with Gasteiger partial charge < -0.3 is 10.2 Å². The minimum Gasteiger partial charge on any atom is -0.348 e. The van der Waals surface area contributed by atoms with Crippen LogP contribution in [0.3, 0.4) is 0 Å². The number of hydrogen-bond donors (Lipinski definition) is 1. The van der Waals surface area contributed by atoms with E-state index in [1.165, 1.54) is 23.2 Å². The molecule has 1 aromatic heterocycles. The molecule has 2 rings (SSSR count). The number of piperidine rings is 1. The van der Waals surface area contributed by atoms with Crippen LogP contribution >= 0.6 is 11.3 Å². The molecule has 1 aliphatic heterocycles. The lowest BCUT2D eigenvalue weighted by molar-refractivity contribution is -0.188. The molecule has 2 atom stereocenters. The van der Waals surface area contributed by atoms with Crippen LogP contribution in [0, 0.1) is 5.92 Å². The van der Waals surface area contributed by atoms with Crippen molar-refractivity contribution in [2.24, 2.45) is 5.92 Å². The molecular weight excluding hydrogens is 329 g/mol. The van der Waals surface area contributed by atoms with E-state index >= 15 is 0 Å². The van der Waals surface area contributed by atoms with Crippen LogP contribution in [0.15, 0.2) is 17.5 Å². The number of likely N-dealkylation sites (tertiary alicyclic amines) is 1. The molecule has 2 unspecified atom stereocenters. The maximum absolute atomic E-state index is 12.8. The lowest BCUT2D eigenvalue weighted by Crippen LogP contribution is -2.45. The summed E-state index contributed by atoms with van der Waals surface area (Å²) in [5, 5.41) is 4.52. The highest BCUT2D eigenvalue weighted by Crippen LogP contribution is 2.33. The number of nitrogens with one attached hydrogen (secondary N) is 1. The fourth-order valence-corrected chi connectivity index (χ4v) is 3.51. The Bertz CT molecular complexity index is 545. The van der Waals surface area contributed by atoms with Gasteiger partial charge in [0, 0.05) is 24.9 Å². The number of carbonyl (C=O) groups is 2. The topological polar surface area (TPSA) is 49.4 Å².